The molecule has 0 aliphatic heterocycles. The van der Waals surface area contributed by atoms with E-state index in [0.717, 1.165) is 11.3 Å². The number of anilines is 2. The number of hydrogen-bond donors (Lipinski definition) is 2. The van der Waals surface area contributed by atoms with Gasteiger partial charge in [0.15, 0.2) is 5.13 Å². The molecule has 1 heterocycles. The highest BCUT2D eigenvalue weighted by molar-refractivity contribution is 7.13. The number of nitrogens with one attached hydrogen (secondary N) is 1. The fraction of sp³-hybridized carbons (Fsp3) is 0. The van der Waals surface area contributed by atoms with Gasteiger partial charge in [0.1, 0.15) is 0 Å². The van der Waals surface area contributed by atoms with Crippen molar-refractivity contribution < 1.29 is 9.72 Å². The number of hydrogen-bond acceptors (Lipinski definition) is 6. The minimum absolute atomic E-state index is 0.00793. The summed E-state index contributed by atoms with van der Waals surface area (Å²) in [5.41, 5.74) is 8.69. The van der Waals surface area contributed by atoms with Crippen molar-refractivity contribution in [2.75, 3.05) is 11.1 Å². The van der Waals surface area contributed by atoms with E-state index in [1.165, 1.54) is 29.5 Å². The van der Waals surface area contributed by atoms with Crippen molar-refractivity contribution in [3.63, 3.8) is 0 Å². The fourth-order valence-electron chi connectivity index (χ4n) is 2.21. The lowest BCUT2D eigenvalue weighted by Crippen LogP contribution is -2.07. The van der Waals surface area contributed by atoms with E-state index in [9.17, 15) is 14.9 Å². The van der Waals surface area contributed by atoms with Gasteiger partial charge in [0.05, 0.1) is 10.6 Å². The lowest BCUT2D eigenvalue weighted by Gasteiger charge is -2.03. The molecule has 3 rings (SSSR count). The molecule has 0 bridgehead atoms. The van der Waals surface area contributed by atoms with E-state index >= 15 is 0 Å². The van der Waals surface area contributed by atoms with Crippen LogP contribution in [0.3, 0.4) is 0 Å². The van der Waals surface area contributed by atoms with Crippen LogP contribution in [0.1, 0.15) is 5.56 Å². The van der Waals surface area contributed by atoms with Crippen LogP contribution in [0.25, 0.3) is 17.3 Å². The first kappa shape index (κ1) is 17.3. The standard InChI is InChI=1S/C18H14N4O3S/c19-18-21-16(11-26-18)13-4-6-14(7-5-13)20-17(23)10-3-12-1-8-15(9-2-12)22(24)25/h1-11H,(H2,19,21)(H,20,23)/b10-3+. The maximum Gasteiger partial charge on any atom is 0.269 e. The quantitative estimate of drug-likeness (QED) is 0.403. The number of thiazole rings is 1. The van der Waals surface area contributed by atoms with Gasteiger partial charge < -0.3 is 11.1 Å². The lowest BCUT2D eigenvalue weighted by molar-refractivity contribution is -0.384. The Morgan fingerprint density at radius 3 is 2.42 bits per heavy atom. The molecule has 0 saturated heterocycles. The van der Waals surface area contributed by atoms with E-state index in [1.54, 1.807) is 30.3 Å². The number of nitrogen functional groups attached to an aromatic ring is 1. The van der Waals surface area contributed by atoms with Crippen LogP contribution < -0.4 is 11.1 Å². The Hall–Kier alpha value is -3.52. The molecule has 0 aliphatic carbocycles. The maximum absolute atomic E-state index is 12.0. The van der Waals surface area contributed by atoms with Gasteiger partial charge in [-0.05, 0) is 35.9 Å². The molecule has 3 N–H and O–H groups in total. The van der Waals surface area contributed by atoms with Crippen molar-refractivity contribution in [2.24, 2.45) is 0 Å². The second-order valence-electron chi connectivity index (χ2n) is 5.32. The van der Waals surface area contributed by atoms with Gasteiger partial charge >= 0.3 is 0 Å². The predicted molar refractivity (Wildman–Crippen MR) is 103 cm³/mol. The summed E-state index contributed by atoms with van der Waals surface area (Å²) in [7, 11) is 0. The summed E-state index contributed by atoms with van der Waals surface area (Å²) in [5, 5.41) is 15.7. The molecule has 0 spiro atoms. The number of benzene rings is 2. The van der Waals surface area contributed by atoms with Crippen molar-refractivity contribution in [3.05, 3.63) is 75.7 Å². The van der Waals surface area contributed by atoms with Crippen molar-refractivity contribution >= 4 is 39.8 Å². The molecule has 0 radical (unpaired) electrons. The van der Waals surface area contributed by atoms with Gasteiger partial charge in [0, 0.05) is 34.8 Å². The Morgan fingerprint density at radius 1 is 1.15 bits per heavy atom. The second kappa shape index (κ2) is 7.58. The number of rotatable bonds is 5. The van der Waals surface area contributed by atoms with Crippen molar-refractivity contribution in [1.29, 1.82) is 0 Å². The predicted octanol–water partition coefficient (Wildman–Crippen LogP) is 3.95. The highest BCUT2D eigenvalue weighted by atomic mass is 32.1. The van der Waals surface area contributed by atoms with Crippen LogP contribution in [-0.4, -0.2) is 15.8 Å². The Kier molecular flexibility index (Phi) is 5.04. The Morgan fingerprint density at radius 2 is 1.85 bits per heavy atom. The summed E-state index contributed by atoms with van der Waals surface area (Å²) in [4.78, 5) is 26.3. The molecule has 8 heteroatoms. The van der Waals surface area contributed by atoms with Crippen LogP contribution in [0.4, 0.5) is 16.5 Å². The Labute approximate surface area is 153 Å². The number of nitro groups is 1. The van der Waals surface area contributed by atoms with Gasteiger partial charge in [-0.2, -0.15) is 0 Å². The van der Waals surface area contributed by atoms with E-state index in [0.29, 0.717) is 16.4 Å². The molecule has 3 aromatic rings. The number of carbonyl (C=O) groups excluding carboxylic acids is 1. The summed E-state index contributed by atoms with van der Waals surface area (Å²) < 4.78 is 0. The van der Waals surface area contributed by atoms with E-state index in [1.807, 2.05) is 17.5 Å². The molecule has 0 unspecified atom stereocenters. The second-order valence-corrected chi connectivity index (χ2v) is 6.21. The average Bonchev–Trinajstić information content (AvgIpc) is 3.07. The van der Waals surface area contributed by atoms with Crippen LogP contribution in [0.2, 0.25) is 0 Å². The fourth-order valence-corrected chi connectivity index (χ4v) is 2.78. The van der Waals surface area contributed by atoms with Gasteiger partial charge in [-0.15, -0.1) is 11.3 Å². The highest BCUT2D eigenvalue weighted by Gasteiger charge is 2.04. The Balaban J connectivity index is 1.61. The summed E-state index contributed by atoms with van der Waals surface area (Å²) >= 11 is 1.37. The van der Waals surface area contributed by atoms with Gasteiger partial charge in [0.2, 0.25) is 5.91 Å². The molecule has 2 aromatic carbocycles. The zero-order chi connectivity index (χ0) is 18.5. The van der Waals surface area contributed by atoms with Crippen molar-refractivity contribution in [3.8, 4) is 11.3 Å². The summed E-state index contributed by atoms with van der Waals surface area (Å²) in [6.07, 6.45) is 2.96. The number of nitro benzene ring substituents is 1. The van der Waals surface area contributed by atoms with Crippen molar-refractivity contribution in [1.82, 2.24) is 4.98 Å². The molecule has 0 saturated carbocycles. The zero-order valence-corrected chi connectivity index (χ0v) is 14.3. The molecule has 130 valence electrons. The topological polar surface area (TPSA) is 111 Å². The monoisotopic (exact) mass is 366 g/mol. The van der Waals surface area contributed by atoms with E-state index < -0.39 is 4.92 Å². The largest absolute Gasteiger partial charge is 0.375 e. The molecular weight excluding hydrogens is 352 g/mol. The number of carbonyl (C=O) groups is 1. The third-order valence-electron chi connectivity index (χ3n) is 3.50. The molecule has 0 fully saturated rings. The summed E-state index contributed by atoms with van der Waals surface area (Å²) in [6, 6.07) is 13.2. The number of nitrogens with zero attached hydrogens (tertiary/aromatic N) is 2. The van der Waals surface area contributed by atoms with Gasteiger partial charge in [-0.1, -0.05) is 12.1 Å². The Bertz CT molecular complexity index is 963. The van der Waals surface area contributed by atoms with E-state index in [2.05, 4.69) is 10.3 Å². The third-order valence-corrected chi connectivity index (χ3v) is 4.18. The molecule has 1 amide bonds. The molecule has 1 aromatic heterocycles. The number of nitrogens with two attached hydrogens (primary N) is 1. The first-order valence-corrected chi connectivity index (χ1v) is 8.44. The average molecular weight is 366 g/mol. The number of amides is 1. The van der Waals surface area contributed by atoms with Crippen LogP contribution in [-0.2, 0) is 4.79 Å². The first-order chi connectivity index (χ1) is 12.5. The number of non-ortho nitro benzene ring substituents is 1. The van der Waals surface area contributed by atoms with E-state index in [4.69, 9.17) is 5.73 Å². The zero-order valence-electron chi connectivity index (χ0n) is 13.5. The summed E-state index contributed by atoms with van der Waals surface area (Å²) in [6.45, 7) is 0. The van der Waals surface area contributed by atoms with Crippen LogP contribution in [0, 0.1) is 10.1 Å². The first-order valence-electron chi connectivity index (χ1n) is 7.56. The molecule has 0 atom stereocenters. The van der Waals surface area contributed by atoms with Crippen LogP contribution >= 0.6 is 11.3 Å². The van der Waals surface area contributed by atoms with Gasteiger partial charge in [-0.3, -0.25) is 14.9 Å². The maximum atomic E-state index is 12.0. The summed E-state index contributed by atoms with van der Waals surface area (Å²) in [5.74, 6) is -0.297. The molecular formula is C18H14N4O3S. The molecule has 0 aliphatic rings. The lowest BCUT2D eigenvalue weighted by atomic mass is 10.1. The molecule has 7 nitrogen and oxygen atoms in total. The van der Waals surface area contributed by atoms with Crippen molar-refractivity contribution in [2.45, 2.75) is 0 Å². The SMILES string of the molecule is Nc1nc(-c2ccc(NC(=O)/C=C/c3ccc([N+](=O)[O-])cc3)cc2)cs1. The minimum atomic E-state index is -0.468. The number of aromatic nitrogens is 1. The smallest absolute Gasteiger partial charge is 0.269 e. The van der Waals surface area contributed by atoms with Gasteiger partial charge in [-0.25, -0.2) is 4.98 Å². The van der Waals surface area contributed by atoms with Crippen LogP contribution in [0.5, 0.6) is 0 Å². The highest BCUT2D eigenvalue weighted by Crippen LogP contribution is 2.24. The van der Waals surface area contributed by atoms with Crippen LogP contribution in [0.15, 0.2) is 60.0 Å². The minimum Gasteiger partial charge on any atom is -0.375 e. The van der Waals surface area contributed by atoms with E-state index in [-0.39, 0.29) is 11.6 Å². The van der Waals surface area contributed by atoms with Gasteiger partial charge in [0.25, 0.3) is 5.69 Å². The third kappa shape index (κ3) is 4.31. The molecule has 26 heavy (non-hydrogen) atoms. The normalized spacial score (nSPS) is 10.8.